The molecule has 8 heteroatoms. The number of aryl methyl sites for hydroxylation is 2. The molecule has 2 aliphatic rings. The molecule has 5 heterocycles. The smallest absolute Gasteiger partial charge is 0.249 e. The van der Waals surface area contributed by atoms with Gasteiger partial charge in [0.15, 0.2) is 0 Å². The molecule has 0 fully saturated rings. The molecular weight excluding hydrogens is 1200 g/mol. The van der Waals surface area contributed by atoms with E-state index in [-0.39, 0.29) is 48.9 Å². The van der Waals surface area contributed by atoms with Crippen molar-refractivity contribution in [1.82, 2.24) is 19.1 Å². The monoisotopic (exact) mass is 1270 g/mol. The molecule has 415 valence electrons. The van der Waals surface area contributed by atoms with Crippen molar-refractivity contribution in [3.63, 3.8) is 0 Å². The molecule has 0 unspecified atom stereocenters. The number of nitrogens with zero attached hydrogens (tertiary/aromatic N) is 4. The number of fused-ring (bicyclic) bond motifs is 8. The third kappa shape index (κ3) is 9.90. The zero-order valence-corrected chi connectivity index (χ0v) is 53.3. The van der Waals surface area contributed by atoms with Crippen molar-refractivity contribution in [1.29, 1.82) is 0 Å². The minimum absolute atomic E-state index is 0. The van der Waals surface area contributed by atoms with Crippen LogP contribution in [0.3, 0.4) is 0 Å². The molecule has 0 saturated carbocycles. The third-order valence-electron chi connectivity index (χ3n) is 16.9. The fourth-order valence-corrected chi connectivity index (χ4v) is 13.4. The Morgan fingerprint density at radius 3 is 1.90 bits per heavy atom. The van der Waals surface area contributed by atoms with Crippen LogP contribution in [0.15, 0.2) is 162 Å². The van der Waals surface area contributed by atoms with Crippen LogP contribution in [-0.4, -0.2) is 25.8 Å². The van der Waals surface area contributed by atoms with Crippen LogP contribution in [0.4, 0.5) is 4.39 Å². The summed E-state index contributed by atoms with van der Waals surface area (Å²) in [6.07, 6.45) is 1.82. The van der Waals surface area contributed by atoms with Gasteiger partial charge in [0.05, 0.1) is 22.4 Å². The van der Waals surface area contributed by atoms with Gasteiger partial charge in [-0.25, -0.2) is 0 Å². The van der Waals surface area contributed by atoms with Crippen LogP contribution in [0.25, 0.3) is 78.0 Å². The molecule has 4 nitrogen and oxygen atoms in total. The van der Waals surface area contributed by atoms with Crippen molar-refractivity contribution in [3.05, 3.63) is 209 Å². The number of rotatable bonds is 6. The van der Waals surface area contributed by atoms with Crippen molar-refractivity contribution >= 4 is 67.7 Å². The van der Waals surface area contributed by atoms with E-state index >= 15 is 0 Å². The molecule has 2 aliphatic heterocycles. The van der Waals surface area contributed by atoms with Crippen LogP contribution in [0.2, 0.25) is 0 Å². The Labute approximate surface area is 503 Å². The van der Waals surface area contributed by atoms with E-state index in [0.717, 1.165) is 39.2 Å². The summed E-state index contributed by atoms with van der Waals surface area (Å²) in [5.41, 5.74) is 25.6. The second-order valence-corrected chi connectivity index (χ2v) is 27.4. The van der Waals surface area contributed by atoms with E-state index in [0.29, 0.717) is 11.8 Å². The number of benzene rings is 8. The van der Waals surface area contributed by atoms with Crippen LogP contribution in [-0.2, 0) is 36.4 Å². The average molecular weight is 1270 g/mol. The molecule has 8 aromatic carbocycles. The van der Waals surface area contributed by atoms with Crippen molar-refractivity contribution in [2.75, 3.05) is 0 Å². The van der Waals surface area contributed by atoms with Crippen LogP contribution >= 0.6 is 11.8 Å². The van der Waals surface area contributed by atoms with Crippen LogP contribution < -0.4 is 16.4 Å². The Kier molecular flexibility index (Phi) is 14.7. The molecule has 13 rings (SSSR count). The molecule has 3 aromatic heterocycles. The summed E-state index contributed by atoms with van der Waals surface area (Å²) in [5, 5.41) is 2.67. The van der Waals surface area contributed by atoms with E-state index in [1.54, 1.807) is 6.07 Å². The summed E-state index contributed by atoms with van der Waals surface area (Å²) in [6.45, 7) is 34.5. The van der Waals surface area contributed by atoms with E-state index in [1.165, 1.54) is 116 Å². The van der Waals surface area contributed by atoms with Crippen molar-refractivity contribution in [2.45, 2.75) is 142 Å². The molecule has 0 bridgehead atoms. The first-order chi connectivity index (χ1) is 38.5. The van der Waals surface area contributed by atoms with E-state index in [2.05, 4.69) is 225 Å². The number of halogens is 1. The maximum absolute atomic E-state index is 12.7. The summed E-state index contributed by atoms with van der Waals surface area (Å²) >= 11 is 1.95. The summed E-state index contributed by atoms with van der Waals surface area (Å²) in [6, 6.07) is 59.5. The predicted octanol–water partition coefficient (Wildman–Crippen LogP) is 18.0. The molecule has 0 spiro atoms. The van der Waals surface area contributed by atoms with E-state index in [4.69, 9.17) is 4.98 Å². The fraction of sp³-hybridized carbons (Fsp3) is 0.270. The Balaban J connectivity index is 0.000000382. The fourth-order valence-electron chi connectivity index (χ4n) is 12.2. The minimum Gasteiger partial charge on any atom is -0.332 e. The van der Waals surface area contributed by atoms with Crippen molar-refractivity contribution < 1.29 is 24.5 Å². The molecular formula is C74H72BFIrN4S-2. The van der Waals surface area contributed by atoms with Gasteiger partial charge in [-0.15, -0.1) is 65.7 Å². The molecule has 82 heavy (non-hydrogen) atoms. The second-order valence-electron chi connectivity index (χ2n) is 26.4. The SMILES string of the molecule is CC(C)c1cccc(C(C)C)c1-n1c(-c2[c-]cccc2)nc2cccc(-c3cc4c5c(c3)-n3c6ccc(C(C)(C)C)cc6c6cc(C(C)(C)C)cc(c63)B5c3cc(C(C)(C)C)ccc3S4)c21.Cc1cnc(-c2[c-]cc(F)cc2)cc1C.[Ir]. The Morgan fingerprint density at radius 1 is 0.585 bits per heavy atom. The third-order valence-corrected chi connectivity index (χ3v) is 18.1. The van der Waals surface area contributed by atoms with Crippen LogP contribution in [0, 0.1) is 31.8 Å². The predicted molar refractivity (Wildman–Crippen MR) is 343 cm³/mol. The van der Waals surface area contributed by atoms with E-state index in [1.807, 2.05) is 50.0 Å². The Morgan fingerprint density at radius 2 is 1.26 bits per heavy atom. The van der Waals surface area contributed by atoms with Gasteiger partial charge in [-0.3, -0.25) is 9.37 Å². The Bertz CT molecular complexity index is 4270. The zero-order chi connectivity index (χ0) is 57.2. The number of hydrogen-bond donors (Lipinski definition) is 0. The molecule has 0 aliphatic carbocycles. The first kappa shape index (κ1) is 57.0. The van der Waals surface area contributed by atoms with Gasteiger partial charge in [0.1, 0.15) is 0 Å². The van der Waals surface area contributed by atoms with Gasteiger partial charge in [-0.05, 0) is 140 Å². The van der Waals surface area contributed by atoms with Gasteiger partial charge in [-0.2, -0.15) is 0 Å². The van der Waals surface area contributed by atoms with Crippen molar-refractivity contribution in [2.24, 2.45) is 0 Å². The minimum atomic E-state index is -0.275. The topological polar surface area (TPSA) is 35.6 Å². The number of para-hydroxylation sites is 2. The maximum atomic E-state index is 12.7. The van der Waals surface area contributed by atoms with Gasteiger partial charge in [0.2, 0.25) is 6.71 Å². The van der Waals surface area contributed by atoms with Gasteiger partial charge < -0.3 is 14.1 Å². The second kappa shape index (κ2) is 21.1. The summed E-state index contributed by atoms with van der Waals surface area (Å²) < 4.78 is 17.8. The quantitative estimate of drug-likeness (QED) is 0.123. The van der Waals surface area contributed by atoms with Gasteiger partial charge >= 0.3 is 0 Å². The first-order valence-electron chi connectivity index (χ1n) is 28.8. The number of hydrogen-bond acceptors (Lipinski definition) is 3. The molecule has 0 saturated heterocycles. The Hall–Kier alpha value is -6.83. The van der Waals surface area contributed by atoms with Gasteiger partial charge in [-0.1, -0.05) is 173 Å². The molecule has 0 N–H and O–H groups in total. The van der Waals surface area contributed by atoms with Crippen molar-refractivity contribution in [3.8, 4) is 45.1 Å². The van der Waals surface area contributed by atoms with Gasteiger partial charge in [0.25, 0.3) is 0 Å². The number of aromatic nitrogens is 4. The summed E-state index contributed by atoms with van der Waals surface area (Å²) in [4.78, 5) is 12.5. The van der Waals surface area contributed by atoms with Gasteiger partial charge in [0, 0.05) is 75.1 Å². The zero-order valence-electron chi connectivity index (χ0n) is 50.1. The first-order valence-corrected chi connectivity index (χ1v) is 29.6. The van der Waals surface area contributed by atoms with Crippen LogP contribution in [0.5, 0.6) is 0 Å². The summed E-state index contributed by atoms with van der Waals surface area (Å²) in [5.74, 6) is 1.25. The largest absolute Gasteiger partial charge is 0.332 e. The normalized spacial score (nSPS) is 12.9. The summed E-state index contributed by atoms with van der Waals surface area (Å²) in [7, 11) is 0. The van der Waals surface area contributed by atoms with Crippen LogP contribution in [0.1, 0.15) is 141 Å². The molecule has 0 atom stereocenters. The standard InChI is InChI=1S/C61H61BN3S.C13H11FN.Ir/c1-35(2)42-21-17-22-43(36(3)4)55(42)65-57-44(23-18-24-49(57)63-58(65)37-19-15-14-16-20-37)38-29-51-54-53(30-38)66-52-28-26-40(60(8,9)10)33-47(52)62(54)48-34-41(61(11,12)13)32-46-45-31-39(59(5,6)7)25-27-50(45)64(51)56(46)48;1-9-7-13(15-8-10(9)2)11-3-5-12(14)6-4-11;/h14-19,21-36H,1-13H3;3,5-8H,1-2H3;/q2*-1;. The van der Waals surface area contributed by atoms with E-state index in [9.17, 15) is 4.39 Å². The molecule has 11 aromatic rings. The molecule has 0 amide bonds. The number of pyridine rings is 1. The van der Waals surface area contributed by atoms with E-state index < -0.39 is 0 Å². The maximum Gasteiger partial charge on any atom is 0.249 e. The number of imidazole rings is 1. The average Bonchev–Trinajstić information content (AvgIpc) is 3.90. The molecule has 1 radical (unpaired) electrons.